The van der Waals surface area contributed by atoms with Crippen LogP contribution in [0.15, 0.2) is 30.5 Å². The second kappa shape index (κ2) is 11.0. The highest BCUT2D eigenvalue weighted by Crippen LogP contribution is 2.34. The van der Waals surface area contributed by atoms with Gasteiger partial charge in [-0.15, -0.1) is 0 Å². The van der Waals surface area contributed by atoms with Crippen molar-refractivity contribution in [3.8, 4) is 17.0 Å². The first-order chi connectivity index (χ1) is 16.1. The van der Waals surface area contributed by atoms with Gasteiger partial charge in [-0.25, -0.2) is 9.78 Å². The summed E-state index contributed by atoms with van der Waals surface area (Å²) in [5.41, 5.74) is 4.49. The van der Waals surface area contributed by atoms with Gasteiger partial charge >= 0.3 is 5.97 Å². The molecule has 0 atom stereocenters. The normalized spacial score (nSPS) is 17.5. The Morgan fingerprint density at radius 3 is 2.55 bits per heavy atom. The molecule has 0 bridgehead atoms. The minimum atomic E-state index is -0.322. The number of piperidine rings is 1. The fourth-order valence-electron chi connectivity index (χ4n) is 4.81. The van der Waals surface area contributed by atoms with E-state index in [0.29, 0.717) is 17.5 Å². The first-order valence-electron chi connectivity index (χ1n) is 12.0. The van der Waals surface area contributed by atoms with E-state index in [1.165, 1.54) is 7.11 Å². The maximum Gasteiger partial charge on any atom is 0.338 e. The maximum atomic E-state index is 12.6. The van der Waals surface area contributed by atoms with Crippen LogP contribution < -0.4 is 15.0 Å². The zero-order valence-corrected chi connectivity index (χ0v) is 19.9. The fourth-order valence-corrected chi connectivity index (χ4v) is 4.81. The van der Waals surface area contributed by atoms with Gasteiger partial charge in [-0.2, -0.15) is 0 Å². The van der Waals surface area contributed by atoms with Gasteiger partial charge in [0.05, 0.1) is 12.7 Å². The summed E-state index contributed by atoms with van der Waals surface area (Å²) < 4.78 is 16.7. The van der Waals surface area contributed by atoms with Crippen LogP contribution in [0.3, 0.4) is 0 Å². The molecule has 33 heavy (non-hydrogen) atoms. The predicted octanol–water partition coefficient (Wildman–Crippen LogP) is 3.98. The van der Waals surface area contributed by atoms with Gasteiger partial charge in [0, 0.05) is 49.3 Å². The highest BCUT2D eigenvalue weighted by Gasteiger charge is 2.25. The van der Waals surface area contributed by atoms with Gasteiger partial charge in [0.1, 0.15) is 6.10 Å². The summed E-state index contributed by atoms with van der Waals surface area (Å²) in [7, 11) is 1.43. The summed E-state index contributed by atoms with van der Waals surface area (Å²) in [6.45, 7) is 8.52. The molecule has 3 heterocycles. The van der Waals surface area contributed by atoms with Crippen molar-refractivity contribution in [2.24, 2.45) is 0 Å². The lowest BCUT2D eigenvalue weighted by Gasteiger charge is -2.36. The number of methoxy groups -OCH3 is 1. The number of benzene rings is 1. The second-order valence-electron chi connectivity index (χ2n) is 8.74. The van der Waals surface area contributed by atoms with Crippen molar-refractivity contribution in [2.45, 2.75) is 51.7 Å². The van der Waals surface area contributed by atoms with Crippen LogP contribution >= 0.6 is 0 Å². The summed E-state index contributed by atoms with van der Waals surface area (Å²) in [4.78, 5) is 19.6. The van der Waals surface area contributed by atoms with Crippen LogP contribution in [0.25, 0.3) is 11.1 Å². The van der Waals surface area contributed by atoms with E-state index in [-0.39, 0.29) is 12.1 Å². The van der Waals surface area contributed by atoms with Crippen molar-refractivity contribution in [3.05, 3.63) is 41.6 Å². The molecule has 7 heteroatoms. The van der Waals surface area contributed by atoms with E-state index in [2.05, 4.69) is 28.2 Å². The first-order valence-corrected chi connectivity index (χ1v) is 12.0. The Hall–Kier alpha value is -2.64. The molecule has 0 amide bonds. The monoisotopic (exact) mass is 453 g/mol. The molecule has 4 rings (SSSR count). The van der Waals surface area contributed by atoms with E-state index in [1.54, 1.807) is 0 Å². The van der Waals surface area contributed by atoms with Gasteiger partial charge in [0.15, 0.2) is 0 Å². The quantitative estimate of drug-likeness (QED) is 0.636. The number of ether oxygens (including phenoxy) is 3. The largest absolute Gasteiger partial charge is 0.474 e. The summed E-state index contributed by atoms with van der Waals surface area (Å²) in [6.07, 6.45) is 5.99. The summed E-state index contributed by atoms with van der Waals surface area (Å²) >= 11 is 0. The molecule has 0 aliphatic carbocycles. The van der Waals surface area contributed by atoms with Crippen molar-refractivity contribution in [2.75, 3.05) is 44.9 Å². The molecular formula is C26H35N3O4. The van der Waals surface area contributed by atoms with E-state index >= 15 is 0 Å². The number of anilines is 1. The number of aromatic nitrogens is 1. The molecule has 178 valence electrons. The highest BCUT2D eigenvalue weighted by atomic mass is 16.5. The third kappa shape index (κ3) is 5.47. The number of nitrogens with zero attached hydrogens (tertiary/aromatic N) is 2. The van der Waals surface area contributed by atoms with Gasteiger partial charge in [0.25, 0.3) is 0 Å². The number of hydrogen-bond donors (Lipinski definition) is 1. The number of carbonyl (C=O) groups excluding carboxylic acids is 1. The van der Waals surface area contributed by atoms with Gasteiger partial charge in [-0.3, -0.25) is 0 Å². The Kier molecular flexibility index (Phi) is 7.83. The van der Waals surface area contributed by atoms with Crippen LogP contribution in [-0.2, 0) is 9.47 Å². The number of esters is 1. The molecule has 2 aromatic rings. The summed E-state index contributed by atoms with van der Waals surface area (Å²) in [5, 5.41) is 3.35. The first kappa shape index (κ1) is 23.5. The minimum Gasteiger partial charge on any atom is -0.474 e. The van der Waals surface area contributed by atoms with E-state index in [4.69, 9.17) is 14.2 Å². The summed E-state index contributed by atoms with van der Waals surface area (Å²) in [5.74, 6) is 0.320. The van der Waals surface area contributed by atoms with Crippen LogP contribution in [0.5, 0.6) is 5.88 Å². The third-order valence-corrected chi connectivity index (χ3v) is 6.71. The average molecular weight is 454 g/mol. The standard InChI is InChI=1S/C26H35N3O4/c1-4-29(21-9-13-32-14-10-21)24-16-20(15-23(18(24)2)26(30)31-3)19-5-6-25(28-17-19)33-22-7-11-27-12-8-22/h5-6,15-17,21-22,27H,4,7-14H2,1-3H3. The van der Waals surface area contributed by atoms with Gasteiger partial charge in [-0.1, -0.05) is 0 Å². The third-order valence-electron chi connectivity index (χ3n) is 6.71. The van der Waals surface area contributed by atoms with Crippen molar-refractivity contribution in [1.82, 2.24) is 10.3 Å². The van der Waals surface area contributed by atoms with Crippen LogP contribution in [0.2, 0.25) is 0 Å². The van der Waals surface area contributed by atoms with Gasteiger partial charge < -0.3 is 24.4 Å². The molecule has 1 aromatic carbocycles. The maximum absolute atomic E-state index is 12.6. The SMILES string of the molecule is CCN(c1cc(-c2ccc(OC3CCNCC3)nc2)cc(C(=O)OC)c1C)C1CCOCC1. The zero-order chi connectivity index (χ0) is 23.2. The molecule has 2 aliphatic rings. The number of rotatable bonds is 7. The molecule has 1 N–H and O–H groups in total. The molecule has 2 fully saturated rings. The molecule has 2 aliphatic heterocycles. The van der Waals surface area contributed by atoms with E-state index in [0.717, 1.165) is 80.9 Å². The molecule has 0 saturated carbocycles. The minimum absolute atomic E-state index is 0.207. The van der Waals surface area contributed by atoms with Crippen molar-refractivity contribution in [3.63, 3.8) is 0 Å². The van der Waals surface area contributed by atoms with Crippen molar-refractivity contribution < 1.29 is 19.0 Å². The number of carbonyl (C=O) groups is 1. The van der Waals surface area contributed by atoms with E-state index in [9.17, 15) is 4.79 Å². The smallest absolute Gasteiger partial charge is 0.338 e. The van der Waals surface area contributed by atoms with Crippen LogP contribution in [-0.4, -0.2) is 63.1 Å². The molecule has 7 nitrogen and oxygen atoms in total. The number of pyridine rings is 1. The topological polar surface area (TPSA) is 72.9 Å². The summed E-state index contributed by atoms with van der Waals surface area (Å²) in [6, 6.07) is 8.41. The molecule has 1 aromatic heterocycles. The van der Waals surface area contributed by atoms with Crippen molar-refractivity contribution >= 4 is 11.7 Å². The Balaban J connectivity index is 1.65. The van der Waals surface area contributed by atoms with E-state index in [1.807, 2.05) is 31.3 Å². The van der Waals surface area contributed by atoms with Crippen LogP contribution in [0.4, 0.5) is 5.69 Å². The average Bonchev–Trinajstić information content (AvgIpc) is 2.87. The molecule has 0 spiro atoms. The number of hydrogen-bond acceptors (Lipinski definition) is 7. The van der Waals surface area contributed by atoms with E-state index < -0.39 is 0 Å². The molecule has 2 saturated heterocycles. The Morgan fingerprint density at radius 1 is 1.15 bits per heavy atom. The highest BCUT2D eigenvalue weighted by molar-refractivity contribution is 5.95. The molecule has 0 radical (unpaired) electrons. The van der Waals surface area contributed by atoms with Crippen LogP contribution in [0, 0.1) is 6.92 Å². The lowest BCUT2D eigenvalue weighted by molar-refractivity contribution is 0.0599. The predicted molar refractivity (Wildman–Crippen MR) is 129 cm³/mol. The zero-order valence-electron chi connectivity index (χ0n) is 19.9. The Morgan fingerprint density at radius 2 is 1.91 bits per heavy atom. The van der Waals surface area contributed by atoms with Gasteiger partial charge in [-0.05, 0) is 81.9 Å². The molecular weight excluding hydrogens is 418 g/mol. The van der Waals surface area contributed by atoms with Gasteiger partial charge in [0.2, 0.25) is 5.88 Å². The number of nitrogens with one attached hydrogen (secondary N) is 1. The Labute approximate surface area is 196 Å². The Bertz CT molecular complexity index is 935. The van der Waals surface area contributed by atoms with Crippen LogP contribution in [0.1, 0.15) is 48.5 Å². The fraction of sp³-hybridized carbons (Fsp3) is 0.538. The lowest BCUT2D eigenvalue weighted by atomic mass is 9.96. The lowest BCUT2D eigenvalue weighted by Crippen LogP contribution is -2.40. The second-order valence-corrected chi connectivity index (χ2v) is 8.74. The molecule has 0 unspecified atom stereocenters. The van der Waals surface area contributed by atoms with Crippen molar-refractivity contribution in [1.29, 1.82) is 0 Å².